The fraction of sp³-hybridized carbons (Fsp3) is 1.00. The summed E-state index contributed by atoms with van der Waals surface area (Å²) >= 11 is 0. The Morgan fingerprint density at radius 2 is 1.48 bits per heavy atom. The first-order valence-corrected chi connectivity index (χ1v) is 7.86. The Kier molecular flexibility index (Phi) is 18.1. The maximum absolute atomic E-state index is 9.31. The summed E-state index contributed by atoms with van der Waals surface area (Å²) < 4.78 is 4.97. The molecule has 0 aromatic rings. The van der Waals surface area contributed by atoms with E-state index in [1.54, 1.807) is 0 Å². The topological polar surface area (TPSA) is 70.8 Å². The van der Waals surface area contributed by atoms with Gasteiger partial charge >= 0.3 is 0 Å². The van der Waals surface area contributed by atoms with Crippen molar-refractivity contribution in [1.29, 1.82) is 0 Å². The van der Waals surface area contributed by atoms with Gasteiger partial charge in [0.2, 0.25) is 0 Å². The number of nitrogens with two attached hydrogens (primary N) is 1. The number of nitrogens with one attached hydrogen (secondary N) is 1. The van der Waals surface area contributed by atoms with E-state index in [0.29, 0.717) is 30.7 Å². The Morgan fingerprint density at radius 3 is 1.62 bits per heavy atom. The van der Waals surface area contributed by atoms with Gasteiger partial charge in [-0.1, -0.05) is 62.8 Å². The van der Waals surface area contributed by atoms with Crippen molar-refractivity contribution in [3.63, 3.8) is 0 Å². The highest BCUT2D eigenvalue weighted by molar-refractivity contribution is 4.71. The van der Waals surface area contributed by atoms with Crippen LogP contribution in [0.15, 0.2) is 0 Å². The van der Waals surface area contributed by atoms with Crippen molar-refractivity contribution in [2.45, 2.75) is 87.1 Å². The van der Waals surface area contributed by atoms with Crippen LogP contribution in [0.4, 0.5) is 0 Å². The van der Waals surface area contributed by atoms with Crippen LogP contribution in [-0.4, -0.2) is 42.5 Å². The minimum Gasteiger partial charge on any atom is -0.392 e. The first-order chi connectivity index (χ1) is 9.07. The number of hydrogen-bond donors (Lipinski definition) is 3. The molecule has 1 aliphatic heterocycles. The highest BCUT2D eigenvalue weighted by Gasteiger charge is 2.25. The molecule has 1 fully saturated rings. The molecule has 4 heteroatoms. The van der Waals surface area contributed by atoms with Gasteiger partial charge in [-0.25, -0.2) is 0 Å². The lowest BCUT2D eigenvalue weighted by Gasteiger charge is -2.16. The highest BCUT2D eigenvalue weighted by Crippen LogP contribution is 2.17. The minimum atomic E-state index is -0.206. The van der Waals surface area contributed by atoms with Crippen molar-refractivity contribution in [2.75, 3.05) is 13.2 Å². The number of ether oxygens (including phenoxy) is 1. The molecular formula is C17H42N2O2. The summed E-state index contributed by atoms with van der Waals surface area (Å²) in [6, 6.07) is 0.799. The van der Waals surface area contributed by atoms with E-state index in [-0.39, 0.29) is 13.5 Å². The van der Waals surface area contributed by atoms with Gasteiger partial charge in [0.25, 0.3) is 0 Å². The fourth-order valence-electron chi connectivity index (χ4n) is 1.03. The summed E-state index contributed by atoms with van der Waals surface area (Å²) in [7, 11) is 0. The standard InChI is InChI=1S/C8H19NO.C5H10O.C3H9N.CH4/c1-6(2)8(10)5-9-7(3)4;1-4(2)5-3-6-5;1-3(2)4;/h6-10H,5H2,1-4H3;4-5H,3H2,1-2H3;3H,4H2,1-2H3;1H4. The number of aliphatic hydroxyl groups is 1. The van der Waals surface area contributed by atoms with Crippen LogP contribution in [0.2, 0.25) is 0 Å². The first-order valence-electron chi connectivity index (χ1n) is 7.86. The molecule has 1 heterocycles. The van der Waals surface area contributed by atoms with Crippen LogP contribution in [0, 0.1) is 11.8 Å². The zero-order valence-electron chi connectivity index (χ0n) is 14.8. The van der Waals surface area contributed by atoms with Crippen molar-refractivity contribution in [3.8, 4) is 0 Å². The van der Waals surface area contributed by atoms with Gasteiger partial charge in [0.1, 0.15) is 0 Å². The third-order valence-electron chi connectivity index (χ3n) is 2.61. The van der Waals surface area contributed by atoms with E-state index in [1.807, 2.05) is 27.7 Å². The molecule has 2 atom stereocenters. The largest absolute Gasteiger partial charge is 0.392 e. The molecule has 0 aliphatic carbocycles. The Morgan fingerprint density at radius 1 is 1.10 bits per heavy atom. The monoisotopic (exact) mass is 306 g/mol. The molecule has 4 nitrogen and oxygen atoms in total. The molecule has 0 radical (unpaired) electrons. The van der Waals surface area contributed by atoms with Crippen LogP contribution in [0.3, 0.4) is 0 Å². The molecule has 1 rings (SSSR count). The van der Waals surface area contributed by atoms with Crippen molar-refractivity contribution >= 4 is 0 Å². The van der Waals surface area contributed by atoms with Crippen molar-refractivity contribution in [1.82, 2.24) is 5.32 Å². The van der Waals surface area contributed by atoms with Gasteiger partial charge in [0.05, 0.1) is 18.8 Å². The van der Waals surface area contributed by atoms with E-state index >= 15 is 0 Å². The van der Waals surface area contributed by atoms with Gasteiger partial charge in [-0.05, 0) is 17.9 Å². The van der Waals surface area contributed by atoms with E-state index < -0.39 is 0 Å². The first kappa shape index (κ1) is 25.8. The molecule has 0 aromatic heterocycles. The molecular weight excluding hydrogens is 264 g/mol. The van der Waals surface area contributed by atoms with Gasteiger partial charge in [-0.2, -0.15) is 0 Å². The Bertz CT molecular complexity index is 200. The summed E-state index contributed by atoms with van der Waals surface area (Å²) in [5.74, 6) is 1.09. The second kappa shape index (κ2) is 14.8. The lowest BCUT2D eigenvalue weighted by Crippen LogP contribution is -2.34. The van der Waals surface area contributed by atoms with E-state index in [1.165, 1.54) is 0 Å². The predicted molar refractivity (Wildman–Crippen MR) is 94.6 cm³/mol. The normalized spacial score (nSPS) is 17.7. The number of aliphatic hydroxyl groups excluding tert-OH is 1. The molecule has 0 bridgehead atoms. The van der Waals surface area contributed by atoms with Gasteiger partial charge in [0, 0.05) is 12.6 Å². The van der Waals surface area contributed by atoms with Crippen LogP contribution >= 0.6 is 0 Å². The maximum Gasteiger partial charge on any atom is 0.0832 e. The van der Waals surface area contributed by atoms with Gasteiger partial charge < -0.3 is 20.9 Å². The van der Waals surface area contributed by atoms with Crippen molar-refractivity contribution in [2.24, 2.45) is 17.6 Å². The van der Waals surface area contributed by atoms with Crippen molar-refractivity contribution < 1.29 is 9.84 Å². The van der Waals surface area contributed by atoms with Crippen LogP contribution in [0.1, 0.15) is 62.8 Å². The zero-order valence-corrected chi connectivity index (χ0v) is 14.8. The van der Waals surface area contributed by atoms with Crippen LogP contribution in [-0.2, 0) is 4.74 Å². The summed E-state index contributed by atoms with van der Waals surface area (Å²) in [4.78, 5) is 0. The number of epoxide rings is 1. The van der Waals surface area contributed by atoms with E-state index in [0.717, 1.165) is 12.5 Å². The lowest BCUT2D eigenvalue weighted by atomic mass is 10.1. The molecule has 2 unspecified atom stereocenters. The average molecular weight is 307 g/mol. The number of hydrogen-bond acceptors (Lipinski definition) is 4. The SMILES string of the molecule is C.CC(C)C1CO1.CC(C)N.CC(C)NCC(O)C(C)C. The smallest absolute Gasteiger partial charge is 0.0832 e. The summed E-state index contributed by atoms with van der Waals surface area (Å²) in [6.07, 6.45) is 0.396. The molecule has 0 aromatic carbocycles. The van der Waals surface area contributed by atoms with Gasteiger partial charge in [-0.15, -0.1) is 0 Å². The fourth-order valence-corrected chi connectivity index (χ4v) is 1.03. The molecule has 0 amide bonds. The third kappa shape index (κ3) is 25.2. The average Bonchev–Trinajstić information content (AvgIpc) is 3.09. The lowest BCUT2D eigenvalue weighted by molar-refractivity contribution is 0.121. The molecule has 21 heavy (non-hydrogen) atoms. The van der Waals surface area contributed by atoms with E-state index in [4.69, 9.17) is 10.5 Å². The Hall–Kier alpha value is -0.160. The minimum absolute atomic E-state index is 0. The Balaban J connectivity index is -0.000000251. The zero-order chi connectivity index (χ0) is 16.3. The van der Waals surface area contributed by atoms with Crippen LogP contribution in [0.25, 0.3) is 0 Å². The summed E-state index contributed by atoms with van der Waals surface area (Å²) in [6.45, 7) is 18.1. The van der Waals surface area contributed by atoms with Crippen molar-refractivity contribution in [3.05, 3.63) is 0 Å². The molecule has 0 saturated carbocycles. The summed E-state index contributed by atoms with van der Waals surface area (Å²) in [5, 5.41) is 12.5. The highest BCUT2D eigenvalue weighted by atomic mass is 16.6. The second-order valence-electron chi connectivity index (χ2n) is 6.73. The molecule has 0 spiro atoms. The van der Waals surface area contributed by atoms with Gasteiger partial charge in [-0.3, -0.25) is 0 Å². The third-order valence-corrected chi connectivity index (χ3v) is 2.61. The molecule has 1 saturated heterocycles. The van der Waals surface area contributed by atoms with E-state index in [9.17, 15) is 5.11 Å². The predicted octanol–water partition coefficient (Wildman–Crippen LogP) is 3.03. The van der Waals surface area contributed by atoms with Crippen LogP contribution < -0.4 is 11.1 Å². The maximum atomic E-state index is 9.31. The molecule has 132 valence electrons. The quantitative estimate of drug-likeness (QED) is 0.683. The van der Waals surface area contributed by atoms with E-state index in [2.05, 4.69) is 33.0 Å². The van der Waals surface area contributed by atoms with Crippen LogP contribution in [0.5, 0.6) is 0 Å². The van der Waals surface area contributed by atoms with Gasteiger partial charge in [0.15, 0.2) is 0 Å². The second-order valence-corrected chi connectivity index (χ2v) is 6.73. The Labute approximate surface area is 133 Å². The molecule has 1 aliphatic rings. The number of rotatable bonds is 5. The molecule has 4 N–H and O–H groups in total. The summed E-state index contributed by atoms with van der Waals surface area (Å²) in [5.41, 5.74) is 5.11.